The van der Waals surface area contributed by atoms with Crippen molar-refractivity contribution < 1.29 is 9.90 Å². The van der Waals surface area contributed by atoms with E-state index < -0.39 is 12.0 Å². The predicted octanol–water partition coefficient (Wildman–Crippen LogP) is 2.90. The average Bonchev–Trinajstić information content (AvgIpc) is 2.25. The molecule has 0 aromatic carbocycles. The smallest absolute Gasteiger partial charge is 0.320 e. The monoisotopic (exact) mass is 241 g/mol. The molecule has 0 radical (unpaired) electrons. The number of carboxylic acid groups (broad SMARTS) is 1. The lowest BCUT2D eigenvalue weighted by molar-refractivity contribution is -0.141. The molecule has 1 rings (SSSR count). The second kappa shape index (κ2) is 6.39. The van der Waals surface area contributed by atoms with Gasteiger partial charge in [0.1, 0.15) is 6.04 Å². The molecular formula is C14H27NO2. The van der Waals surface area contributed by atoms with E-state index >= 15 is 0 Å². The third kappa shape index (κ3) is 4.30. The van der Waals surface area contributed by atoms with Gasteiger partial charge < -0.3 is 10.4 Å². The summed E-state index contributed by atoms with van der Waals surface area (Å²) >= 11 is 0. The molecule has 0 aliphatic heterocycles. The topological polar surface area (TPSA) is 49.3 Å². The zero-order chi connectivity index (χ0) is 13.0. The molecule has 0 saturated heterocycles. The van der Waals surface area contributed by atoms with E-state index in [9.17, 15) is 9.90 Å². The van der Waals surface area contributed by atoms with Crippen molar-refractivity contribution in [1.82, 2.24) is 5.32 Å². The number of rotatable bonds is 5. The molecule has 3 unspecified atom stereocenters. The molecule has 3 heteroatoms. The third-order valence-corrected chi connectivity index (χ3v) is 4.01. The first kappa shape index (κ1) is 14.5. The lowest BCUT2D eigenvalue weighted by atomic mass is 9.79. The molecule has 0 aromatic rings. The van der Waals surface area contributed by atoms with Gasteiger partial charge in [0.05, 0.1) is 0 Å². The van der Waals surface area contributed by atoms with Crippen LogP contribution in [0.25, 0.3) is 0 Å². The molecule has 0 heterocycles. The van der Waals surface area contributed by atoms with Crippen molar-refractivity contribution in [3.8, 4) is 0 Å². The summed E-state index contributed by atoms with van der Waals surface area (Å²) in [5.74, 6) is 0.892. The summed E-state index contributed by atoms with van der Waals surface area (Å²) in [5, 5.41) is 12.5. The van der Waals surface area contributed by atoms with Crippen LogP contribution in [0.5, 0.6) is 0 Å². The van der Waals surface area contributed by atoms with Crippen LogP contribution in [0.2, 0.25) is 0 Å². The van der Waals surface area contributed by atoms with Crippen molar-refractivity contribution in [1.29, 1.82) is 0 Å². The van der Waals surface area contributed by atoms with E-state index in [1.54, 1.807) is 0 Å². The van der Waals surface area contributed by atoms with Crippen LogP contribution in [-0.4, -0.2) is 23.2 Å². The van der Waals surface area contributed by atoms with E-state index in [2.05, 4.69) is 19.2 Å². The molecule has 100 valence electrons. The van der Waals surface area contributed by atoms with Crippen LogP contribution in [0.4, 0.5) is 0 Å². The summed E-state index contributed by atoms with van der Waals surface area (Å²) in [5.41, 5.74) is 0. The molecule has 0 aromatic heterocycles. The number of nitrogens with one attached hydrogen (secondary N) is 1. The van der Waals surface area contributed by atoms with Crippen molar-refractivity contribution >= 4 is 5.97 Å². The molecule has 0 amide bonds. The van der Waals surface area contributed by atoms with Gasteiger partial charge in [0, 0.05) is 6.04 Å². The van der Waals surface area contributed by atoms with Crippen molar-refractivity contribution in [2.24, 2.45) is 17.8 Å². The summed E-state index contributed by atoms with van der Waals surface area (Å²) in [6.07, 6.45) is 4.79. The highest BCUT2D eigenvalue weighted by Gasteiger charge is 2.29. The fraction of sp³-hybridized carbons (Fsp3) is 0.929. The Balaban J connectivity index is 2.52. The van der Waals surface area contributed by atoms with Crippen LogP contribution in [0, 0.1) is 17.8 Å². The van der Waals surface area contributed by atoms with E-state index in [1.165, 1.54) is 12.8 Å². The van der Waals surface area contributed by atoms with Gasteiger partial charge >= 0.3 is 5.97 Å². The first-order valence-electron chi connectivity index (χ1n) is 6.90. The minimum atomic E-state index is -0.716. The molecule has 3 nitrogen and oxygen atoms in total. The first-order valence-corrected chi connectivity index (χ1v) is 6.90. The summed E-state index contributed by atoms with van der Waals surface area (Å²) in [6, 6.07) is -0.00874. The maximum atomic E-state index is 11.2. The average molecular weight is 241 g/mol. The first-order chi connectivity index (χ1) is 7.91. The van der Waals surface area contributed by atoms with Crippen LogP contribution >= 0.6 is 0 Å². The Kier molecular flexibility index (Phi) is 5.44. The SMILES string of the molecule is CC(C)C1CCCC(NC(C(=O)O)C(C)C)C1. The van der Waals surface area contributed by atoms with Gasteiger partial charge in [0.15, 0.2) is 0 Å². The Hall–Kier alpha value is -0.570. The van der Waals surface area contributed by atoms with Gasteiger partial charge in [0.2, 0.25) is 0 Å². The van der Waals surface area contributed by atoms with Crippen LogP contribution in [-0.2, 0) is 4.79 Å². The maximum absolute atomic E-state index is 11.2. The Morgan fingerprint density at radius 1 is 1.24 bits per heavy atom. The highest BCUT2D eigenvalue weighted by molar-refractivity contribution is 5.73. The Labute approximate surface area is 105 Å². The van der Waals surface area contributed by atoms with Crippen molar-refractivity contribution in [3.05, 3.63) is 0 Å². The highest BCUT2D eigenvalue weighted by atomic mass is 16.4. The molecule has 1 aliphatic rings. The highest BCUT2D eigenvalue weighted by Crippen LogP contribution is 2.30. The van der Waals surface area contributed by atoms with E-state index in [0.29, 0.717) is 12.0 Å². The molecule has 2 N–H and O–H groups in total. The Morgan fingerprint density at radius 2 is 1.88 bits per heavy atom. The minimum Gasteiger partial charge on any atom is -0.480 e. The zero-order valence-electron chi connectivity index (χ0n) is 11.6. The van der Waals surface area contributed by atoms with Crippen molar-refractivity contribution in [3.63, 3.8) is 0 Å². The van der Waals surface area contributed by atoms with E-state index in [0.717, 1.165) is 18.8 Å². The van der Waals surface area contributed by atoms with Gasteiger partial charge in [-0.05, 0) is 30.6 Å². The van der Waals surface area contributed by atoms with E-state index in [4.69, 9.17) is 0 Å². The molecule has 17 heavy (non-hydrogen) atoms. The number of hydrogen-bond donors (Lipinski definition) is 2. The summed E-state index contributed by atoms with van der Waals surface area (Å²) < 4.78 is 0. The summed E-state index contributed by atoms with van der Waals surface area (Å²) in [6.45, 7) is 8.47. The molecule has 3 atom stereocenters. The van der Waals surface area contributed by atoms with Gasteiger partial charge in [0.25, 0.3) is 0 Å². The molecule has 0 spiro atoms. The summed E-state index contributed by atoms with van der Waals surface area (Å²) in [7, 11) is 0. The van der Waals surface area contributed by atoms with Gasteiger partial charge in [-0.2, -0.15) is 0 Å². The largest absolute Gasteiger partial charge is 0.480 e. The maximum Gasteiger partial charge on any atom is 0.320 e. The fourth-order valence-corrected chi connectivity index (χ4v) is 2.79. The number of hydrogen-bond acceptors (Lipinski definition) is 2. The van der Waals surface area contributed by atoms with Crippen LogP contribution in [0.3, 0.4) is 0 Å². The van der Waals surface area contributed by atoms with Crippen molar-refractivity contribution in [2.45, 2.75) is 65.5 Å². The lowest BCUT2D eigenvalue weighted by Gasteiger charge is -2.34. The second-order valence-electron chi connectivity index (χ2n) is 6.09. The molecule has 1 aliphatic carbocycles. The zero-order valence-corrected chi connectivity index (χ0v) is 11.6. The molecule has 1 saturated carbocycles. The molecule has 0 bridgehead atoms. The van der Waals surface area contributed by atoms with E-state index in [1.807, 2.05) is 13.8 Å². The normalized spacial score (nSPS) is 27.4. The number of aliphatic carboxylic acids is 1. The molecule has 1 fully saturated rings. The Bertz CT molecular complexity index is 251. The quantitative estimate of drug-likeness (QED) is 0.778. The van der Waals surface area contributed by atoms with Crippen LogP contribution in [0.1, 0.15) is 53.4 Å². The summed E-state index contributed by atoms with van der Waals surface area (Å²) in [4.78, 5) is 11.2. The number of carbonyl (C=O) groups is 1. The third-order valence-electron chi connectivity index (χ3n) is 4.01. The molecular weight excluding hydrogens is 214 g/mol. The van der Waals surface area contributed by atoms with E-state index in [-0.39, 0.29) is 5.92 Å². The second-order valence-corrected chi connectivity index (χ2v) is 6.09. The standard InChI is InChI=1S/C14H27NO2/c1-9(2)11-6-5-7-12(8-11)15-13(10(3)4)14(16)17/h9-13,15H,5-8H2,1-4H3,(H,16,17). The van der Waals surface area contributed by atoms with Crippen LogP contribution < -0.4 is 5.32 Å². The van der Waals surface area contributed by atoms with Crippen LogP contribution in [0.15, 0.2) is 0 Å². The predicted molar refractivity (Wildman–Crippen MR) is 70.0 cm³/mol. The van der Waals surface area contributed by atoms with Crippen molar-refractivity contribution in [2.75, 3.05) is 0 Å². The minimum absolute atomic E-state index is 0.145. The lowest BCUT2D eigenvalue weighted by Crippen LogP contribution is -2.48. The van der Waals surface area contributed by atoms with Gasteiger partial charge in [-0.25, -0.2) is 0 Å². The van der Waals surface area contributed by atoms with Gasteiger partial charge in [-0.15, -0.1) is 0 Å². The van der Waals surface area contributed by atoms with Gasteiger partial charge in [-0.1, -0.05) is 40.5 Å². The Morgan fingerprint density at radius 3 is 2.35 bits per heavy atom. The van der Waals surface area contributed by atoms with Gasteiger partial charge in [-0.3, -0.25) is 4.79 Å². The number of carboxylic acids is 1. The fourth-order valence-electron chi connectivity index (χ4n) is 2.79.